The molecule has 1 aliphatic heterocycles. The van der Waals surface area contributed by atoms with E-state index in [9.17, 15) is 8.78 Å². The van der Waals surface area contributed by atoms with E-state index in [4.69, 9.17) is 5.73 Å². The number of hydrogen-bond donors (Lipinski definition) is 1. The first kappa shape index (κ1) is 9.26. The summed E-state index contributed by atoms with van der Waals surface area (Å²) in [6.07, 6.45) is -0.656. The molecule has 0 aromatic rings. The average molecular weight is 181 g/mol. The SMILES string of the molecule is NC1(CC(F)F)CCCSC1. The Balaban J connectivity index is 2.37. The van der Waals surface area contributed by atoms with E-state index < -0.39 is 12.0 Å². The summed E-state index contributed by atoms with van der Waals surface area (Å²) >= 11 is 1.69. The van der Waals surface area contributed by atoms with Crippen molar-refractivity contribution in [1.29, 1.82) is 0 Å². The lowest BCUT2D eigenvalue weighted by molar-refractivity contribution is 0.106. The van der Waals surface area contributed by atoms with Crippen molar-refractivity contribution in [3.8, 4) is 0 Å². The highest BCUT2D eigenvalue weighted by Gasteiger charge is 2.30. The van der Waals surface area contributed by atoms with Crippen molar-refractivity contribution < 1.29 is 8.78 Å². The molecule has 1 aliphatic rings. The van der Waals surface area contributed by atoms with Gasteiger partial charge < -0.3 is 5.73 Å². The van der Waals surface area contributed by atoms with Gasteiger partial charge in [0.1, 0.15) is 0 Å². The summed E-state index contributed by atoms with van der Waals surface area (Å²) in [5.74, 6) is 1.76. The predicted molar refractivity (Wildman–Crippen MR) is 44.1 cm³/mol. The van der Waals surface area contributed by atoms with Gasteiger partial charge in [0, 0.05) is 17.7 Å². The van der Waals surface area contributed by atoms with E-state index in [2.05, 4.69) is 0 Å². The van der Waals surface area contributed by atoms with Crippen LogP contribution in [0.25, 0.3) is 0 Å². The monoisotopic (exact) mass is 181 g/mol. The second-order valence-corrected chi connectivity index (χ2v) is 4.22. The molecular weight excluding hydrogens is 168 g/mol. The minimum Gasteiger partial charge on any atom is -0.324 e. The van der Waals surface area contributed by atoms with Gasteiger partial charge in [-0.3, -0.25) is 0 Å². The zero-order valence-electron chi connectivity index (χ0n) is 6.35. The summed E-state index contributed by atoms with van der Waals surface area (Å²) in [6.45, 7) is 0. The van der Waals surface area contributed by atoms with E-state index in [0.29, 0.717) is 5.75 Å². The minimum absolute atomic E-state index is 0.139. The second-order valence-electron chi connectivity index (χ2n) is 3.11. The predicted octanol–water partition coefficient (Wildman–Crippen LogP) is 1.87. The van der Waals surface area contributed by atoms with Crippen LogP contribution >= 0.6 is 11.8 Å². The van der Waals surface area contributed by atoms with Gasteiger partial charge in [-0.2, -0.15) is 11.8 Å². The van der Waals surface area contributed by atoms with Crippen molar-refractivity contribution in [2.45, 2.75) is 31.2 Å². The molecule has 0 saturated carbocycles. The standard InChI is InChI=1S/C7H13F2NS/c8-6(9)4-7(10)2-1-3-11-5-7/h6H,1-5,10H2. The Morgan fingerprint density at radius 2 is 2.27 bits per heavy atom. The quantitative estimate of drug-likeness (QED) is 0.703. The Hall–Kier alpha value is 0.170. The van der Waals surface area contributed by atoms with Gasteiger partial charge in [0.05, 0.1) is 0 Å². The Bertz CT molecular complexity index is 124. The second kappa shape index (κ2) is 3.72. The molecule has 0 spiro atoms. The van der Waals surface area contributed by atoms with E-state index in [1.165, 1.54) is 0 Å². The molecule has 4 heteroatoms. The maximum absolute atomic E-state index is 12.0. The molecule has 11 heavy (non-hydrogen) atoms. The largest absolute Gasteiger partial charge is 0.324 e. The molecule has 66 valence electrons. The number of hydrogen-bond acceptors (Lipinski definition) is 2. The molecule has 1 unspecified atom stereocenters. The van der Waals surface area contributed by atoms with Gasteiger partial charge in [-0.1, -0.05) is 0 Å². The Kier molecular flexibility index (Phi) is 3.13. The van der Waals surface area contributed by atoms with E-state index in [0.717, 1.165) is 18.6 Å². The fraction of sp³-hybridized carbons (Fsp3) is 1.00. The highest BCUT2D eigenvalue weighted by molar-refractivity contribution is 7.99. The molecule has 0 bridgehead atoms. The summed E-state index contributed by atoms with van der Waals surface area (Å²) < 4.78 is 24.0. The van der Waals surface area contributed by atoms with Crippen LogP contribution in [0.1, 0.15) is 19.3 Å². The van der Waals surface area contributed by atoms with Crippen LogP contribution in [-0.2, 0) is 0 Å². The molecule has 1 nitrogen and oxygen atoms in total. The van der Waals surface area contributed by atoms with Crippen LogP contribution < -0.4 is 5.73 Å². The summed E-state index contributed by atoms with van der Waals surface area (Å²) in [6, 6.07) is 0. The highest BCUT2D eigenvalue weighted by Crippen LogP contribution is 2.29. The Morgan fingerprint density at radius 1 is 1.55 bits per heavy atom. The van der Waals surface area contributed by atoms with Crippen molar-refractivity contribution in [3.63, 3.8) is 0 Å². The lowest BCUT2D eigenvalue weighted by atomic mass is 9.93. The maximum atomic E-state index is 12.0. The molecule has 0 radical (unpaired) electrons. The number of alkyl halides is 2. The molecule has 1 saturated heterocycles. The van der Waals surface area contributed by atoms with Crippen LogP contribution in [0.3, 0.4) is 0 Å². The van der Waals surface area contributed by atoms with E-state index >= 15 is 0 Å². The van der Waals surface area contributed by atoms with Gasteiger partial charge in [0.25, 0.3) is 0 Å². The van der Waals surface area contributed by atoms with E-state index in [1.807, 2.05) is 0 Å². The van der Waals surface area contributed by atoms with E-state index in [1.54, 1.807) is 11.8 Å². The molecule has 1 atom stereocenters. The molecule has 1 heterocycles. The first-order chi connectivity index (χ1) is 5.12. The van der Waals surface area contributed by atoms with Crippen molar-refractivity contribution in [2.75, 3.05) is 11.5 Å². The lowest BCUT2D eigenvalue weighted by Gasteiger charge is -2.32. The number of thioether (sulfide) groups is 1. The third-order valence-electron chi connectivity index (χ3n) is 1.91. The molecule has 0 amide bonds. The molecule has 2 N–H and O–H groups in total. The normalized spacial score (nSPS) is 32.7. The molecule has 0 aromatic heterocycles. The third-order valence-corrected chi connectivity index (χ3v) is 3.27. The van der Waals surface area contributed by atoms with Gasteiger partial charge >= 0.3 is 0 Å². The molecule has 1 fully saturated rings. The summed E-state index contributed by atoms with van der Waals surface area (Å²) in [7, 11) is 0. The van der Waals surface area contributed by atoms with E-state index in [-0.39, 0.29) is 6.42 Å². The van der Waals surface area contributed by atoms with Gasteiger partial charge in [-0.15, -0.1) is 0 Å². The van der Waals surface area contributed by atoms with Gasteiger partial charge in [-0.25, -0.2) is 8.78 Å². The summed E-state index contributed by atoms with van der Waals surface area (Å²) in [5.41, 5.74) is 5.17. The smallest absolute Gasteiger partial charge is 0.240 e. The molecule has 0 aliphatic carbocycles. The lowest BCUT2D eigenvalue weighted by Crippen LogP contribution is -2.46. The van der Waals surface area contributed by atoms with Gasteiger partial charge in [0.15, 0.2) is 0 Å². The Morgan fingerprint density at radius 3 is 2.73 bits per heavy atom. The van der Waals surface area contributed by atoms with Crippen molar-refractivity contribution in [1.82, 2.24) is 0 Å². The van der Waals surface area contributed by atoms with Crippen molar-refractivity contribution in [3.05, 3.63) is 0 Å². The topological polar surface area (TPSA) is 26.0 Å². The summed E-state index contributed by atoms with van der Waals surface area (Å²) in [5, 5.41) is 0. The number of nitrogens with two attached hydrogens (primary N) is 1. The van der Waals surface area contributed by atoms with Crippen LogP contribution in [0.2, 0.25) is 0 Å². The van der Waals surface area contributed by atoms with Crippen molar-refractivity contribution in [2.24, 2.45) is 5.73 Å². The number of halogens is 2. The molecule has 0 aromatic carbocycles. The van der Waals surface area contributed by atoms with Crippen LogP contribution in [-0.4, -0.2) is 23.5 Å². The summed E-state index contributed by atoms with van der Waals surface area (Å²) in [4.78, 5) is 0. The Labute approximate surface area is 69.7 Å². The first-order valence-corrected chi connectivity index (χ1v) is 4.93. The minimum atomic E-state index is -2.25. The maximum Gasteiger partial charge on any atom is 0.240 e. The van der Waals surface area contributed by atoms with Crippen molar-refractivity contribution >= 4 is 11.8 Å². The third kappa shape index (κ3) is 2.95. The van der Waals surface area contributed by atoms with Gasteiger partial charge in [0.2, 0.25) is 6.43 Å². The average Bonchev–Trinajstić information content (AvgIpc) is 1.85. The van der Waals surface area contributed by atoms with Gasteiger partial charge in [-0.05, 0) is 18.6 Å². The molecule has 1 rings (SSSR count). The van der Waals surface area contributed by atoms with Crippen LogP contribution in [0.5, 0.6) is 0 Å². The fourth-order valence-electron chi connectivity index (χ4n) is 1.34. The zero-order valence-corrected chi connectivity index (χ0v) is 7.17. The first-order valence-electron chi connectivity index (χ1n) is 3.77. The van der Waals surface area contributed by atoms with Crippen LogP contribution in [0, 0.1) is 0 Å². The van der Waals surface area contributed by atoms with Crippen LogP contribution in [0.15, 0.2) is 0 Å². The molecular formula is C7H13F2NS. The zero-order chi connectivity index (χ0) is 8.32. The fourth-order valence-corrected chi connectivity index (χ4v) is 2.50. The number of rotatable bonds is 2. The highest BCUT2D eigenvalue weighted by atomic mass is 32.2. The van der Waals surface area contributed by atoms with Crippen LogP contribution in [0.4, 0.5) is 8.78 Å².